The molecule has 0 heterocycles. The molecule has 25 heavy (non-hydrogen) atoms. The molecule has 130 valence electrons. The average Bonchev–Trinajstić information content (AvgIpc) is 2.66. The fraction of sp³-hybridized carbons (Fsp3) is 0.158. The van der Waals surface area contributed by atoms with E-state index in [0.717, 1.165) is 5.56 Å². The minimum atomic E-state index is -0.533. The standard InChI is InChI=1S/C19H21N3O3/c20-22-14-21-13-17(15-7-3-1-4-8-15)19(24)25-18(11-12-23)16-9-5-2-6-10-16/h1-10,13-14,18,23H,11-12,20H2,(H,21,22). The van der Waals surface area contributed by atoms with Crippen LogP contribution in [0, 0.1) is 0 Å². The van der Waals surface area contributed by atoms with Crippen molar-refractivity contribution < 1.29 is 14.6 Å². The van der Waals surface area contributed by atoms with Gasteiger partial charge >= 0.3 is 5.97 Å². The van der Waals surface area contributed by atoms with Gasteiger partial charge in [-0.05, 0) is 11.1 Å². The molecule has 0 spiro atoms. The molecule has 6 nitrogen and oxygen atoms in total. The van der Waals surface area contributed by atoms with Crippen LogP contribution in [0.1, 0.15) is 23.7 Å². The number of aliphatic hydroxyl groups is 1. The minimum absolute atomic E-state index is 0.0880. The Labute approximate surface area is 146 Å². The molecule has 0 saturated heterocycles. The van der Waals surface area contributed by atoms with Crippen molar-refractivity contribution in [3.8, 4) is 0 Å². The van der Waals surface area contributed by atoms with E-state index in [9.17, 15) is 9.90 Å². The Kier molecular flexibility index (Phi) is 7.21. The number of hydrogen-bond acceptors (Lipinski definition) is 5. The number of benzene rings is 2. The Morgan fingerprint density at radius 3 is 2.40 bits per heavy atom. The van der Waals surface area contributed by atoms with E-state index in [1.165, 1.54) is 12.5 Å². The van der Waals surface area contributed by atoms with Crippen LogP contribution >= 0.6 is 0 Å². The van der Waals surface area contributed by atoms with Gasteiger partial charge in [-0.15, -0.1) is 0 Å². The fourth-order valence-electron chi connectivity index (χ4n) is 2.31. The first kappa shape index (κ1) is 18.2. The van der Waals surface area contributed by atoms with Gasteiger partial charge in [0.15, 0.2) is 0 Å². The molecular formula is C19H21N3O3. The normalized spacial score (nSPS) is 12.8. The number of carbonyl (C=O) groups excluding carboxylic acids is 1. The number of hydrogen-bond donors (Lipinski definition) is 3. The predicted octanol–water partition coefficient (Wildman–Crippen LogP) is 2.19. The molecule has 0 aliphatic carbocycles. The highest BCUT2D eigenvalue weighted by molar-refractivity contribution is 6.16. The van der Waals surface area contributed by atoms with Crippen molar-refractivity contribution in [1.29, 1.82) is 0 Å². The summed E-state index contributed by atoms with van der Waals surface area (Å²) >= 11 is 0. The maximum Gasteiger partial charge on any atom is 0.340 e. The zero-order valence-electron chi connectivity index (χ0n) is 13.7. The van der Waals surface area contributed by atoms with Gasteiger partial charge in [0.05, 0.1) is 5.57 Å². The quantitative estimate of drug-likeness (QED) is 0.171. The lowest BCUT2D eigenvalue weighted by Crippen LogP contribution is -2.16. The lowest BCUT2D eigenvalue weighted by atomic mass is 10.1. The molecule has 0 aliphatic heterocycles. The second kappa shape index (κ2) is 9.89. The van der Waals surface area contributed by atoms with Crippen molar-refractivity contribution in [3.63, 3.8) is 0 Å². The van der Waals surface area contributed by atoms with E-state index in [4.69, 9.17) is 10.6 Å². The number of esters is 1. The lowest BCUT2D eigenvalue weighted by molar-refractivity contribution is -0.142. The molecule has 4 N–H and O–H groups in total. The summed E-state index contributed by atoms with van der Waals surface area (Å²) in [6.45, 7) is -0.0880. The summed E-state index contributed by atoms with van der Waals surface area (Å²) in [6, 6.07) is 18.5. The van der Waals surface area contributed by atoms with E-state index in [1.807, 2.05) is 48.5 Å². The van der Waals surface area contributed by atoms with Gasteiger partial charge in [-0.3, -0.25) is 0 Å². The van der Waals surface area contributed by atoms with E-state index in [1.54, 1.807) is 12.1 Å². The number of nitrogens with zero attached hydrogens (tertiary/aromatic N) is 1. The first-order chi connectivity index (χ1) is 12.3. The molecular weight excluding hydrogens is 318 g/mol. The highest BCUT2D eigenvalue weighted by Crippen LogP contribution is 2.24. The summed E-state index contributed by atoms with van der Waals surface area (Å²) in [4.78, 5) is 12.7. The van der Waals surface area contributed by atoms with Crippen molar-refractivity contribution in [2.75, 3.05) is 6.61 Å². The maximum absolute atomic E-state index is 12.7. The predicted molar refractivity (Wildman–Crippen MR) is 97.2 cm³/mol. The molecule has 0 amide bonds. The molecule has 0 aromatic heterocycles. The molecule has 2 rings (SSSR count). The largest absolute Gasteiger partial charge is 0.454 e. The smallest absolute Gasteiger partial charge is 0.340 e. The zero-order valence-corrected chi connectivity index (χ0v) is 13.7. The fourth-order valence-corrected chi connectivity index (χ4v) is 2.31. The summed E-state index contributed by atoms with van der Waals surface area (Å²) in [7, 11) is 0. The molecule has 0 bridgehead atoms. The molecule has 6 heteroatoms. The van der Waals surface area contributed by atoms with E-state index >= 15 is 0 Å². The number of ether oxygens (including phenoxy) is 1. The number of carbonyl (C=O) groups is 1. The van der Waals surface area contributed by atoms with E-state index < -0.39 is 12.1 Å². The molecule has 2 aromatic carbocycles. The molecule has 2 aromatic rings. The first-order valence-corrected chi connectivity index (χ1v) is 7.86. The second-order valence-corrected chi connectivity index (χ2v) is 5.19. The second-order valence-electron chi connectivity index (χ2n) is 5.19. The highest BCUT2D eigenvalue weighted by Gasteiger charge is 2.20. The van der Waals surface area contributed by atoms with Gasteiger partial charge in [0.1, 0.15) is 12.4 Å². The van der Waals surface area contributed by atoms with Gasteiger partial charge in [-0.2, -0.15) is 5.10 Å². The summed E-state index contributed by atoms with van der Waals surface area (Å²) in [6.07, 6.45) is 2.53. The van der Waals surface area contributed by atoms with E-state index in [2.05, 4.69) is 10.4 Å². The van der Waals surface area contributed by atoms with E-state index in [0.29, 0.717) is 17.6 Å². The van der Waals surface area contributed by atoms with Gasteiger partial charge in [-0.25, -0.2) is 4.79 Å². The minimum Gasteiger partial charge on any atom is -0.454 e. The van der Waals surface area contributed by atoms with Gasteiger partial charge in [0, 0.05) is 19.2 Å². The van der Waals surface area contributed by atoms with Crippen molar-refractivity contribution >= 4 is 17.9 Å². The SMILES string of the molecule is NN=CNC=C(C(=O)OC(CCO)c1ccccc1)c1ccccc1. The third kappa shape index (κ3) is 5.47. The number of nitrogens with one attached hydrogen (secondary N) is 1. The number of aliphatic hydroxyl groups excluding tert-OH is 1. The van der Waals surface area contributed by atoms with Crippen LogP contribution in [0.25, 0.3) is 5.57 Å². The molecule has 1 unspecified atom stereocenters. The van der Waals surface area contributed by atoms with Gasteiger partial charge in [0.25, 0.3) is 0 Å². The monoisotopic (exact) mass is 339 g/mol. The highest BCUT2D eigenvalue weighted by atomic mass is 16.5. The van der Waals surface area contributed by atoms with Crippen LogP contribution in [0.2, 0.25) is 0 Å². The zero-order chi connectivity index (χ0) is 17.9. The lowest BCUT2D eigenvalue weighted by Gasteiger charge is -2.18. The van der Waals surface area contributed by atoms with Crippen LogP contribution < -0.4 is 11.2 Å². The van der Waals surface area contributed by atoms with Crippen molar-refractivity contribution in [2.45, 2.75) is 12.5 Å². The average molecular weight is 339 g/mol. The Bertz CT molecular complexity index is 715. The van der Waals surface area contributed by atoms with E-state index in [-0.39, 0.29) is 6.61 Å². The Morgan fingerprint density at radius 1 is 1.16 bits per heavy atom. The topological polar surface area (TPSA) is 96.9 Å². The van der Waals surface area contributed by atoms with Crippen LogP contribution in [-0.2, 0) is 9.53 Å². The third-order valence-electron chi connectivity index (χ3n) is 3.49. The number of hydrazone groups is 1. The molecule has 0 saturated carbocycles. The summed E-state index contributed by atoms with van der Waals surface area (Å²) in [5, 5.41) is 15.4. The summed E-state index contributed by atoms with van der Waals surface area (Å²) < 4.78 is 5.64. The van der Waals surface area contributed by atoms with Crippen LogP contribution in [0.4, 0.5) is 0 Å². The van der Waals surface area contributed by atoms with Crippen LogP contribution in [0.15, 0.2) is 72.0 Å². The number of nitrogens with two attached hydrogens (primary N) is 1. The Hall–Kier alpha value is -3.12. The summed E-state index contributed by atoms with van der Waals surface area (Å²) in [5.74, 6) is 4.55. The Balaban J connectivity index is 2.24. The Morgan fingerprint density at radius 2 is 1.80 bits per heavy atom. The maximum atomic E-state index is 12.7. The van der Waals surface area contributed by atoms with Crippen molar-refractivity contribution in [2.24, 2.45) is 10.9 Å². The molecule has 1 atom stereocenters. The summed E-state index contributed by atoms with van der Waals surface area (Å²) in [5.41, 5.74) is 1.86. The van der Waals surface area contributed by atoms with Gasteiger partial charge in [-0.1, -0.05) is 60.7 Å². The third-order valence-corrected chi connectivity index (χ3v) is 3.49. The van der Waals surface area contributed by atoms with Crippen LogP contribution in [0.3, 0.4) is 0 Å². The molecule has 0 radical (unpaired) electrons. The van der Waals surface area contributed by atoms with Crippen LogP contribution in [-0.4, -0.2) is 24.0 Å². The van der Waals surface area contributed by atoms with Crippen molar-refractivity contribution in [3.05, 3.63) is 78.0 Å². The van der Waals surface area contributed by atoms with Crippen molar-refractivity contribution in [1.82, 2.24) is 5.32 Å². The van der Waals surface area contributed by atoms with Gasteiger partial charge < -0.3 is 21.0 Å². The van der Waals surface area contributed by atoms with Gasteiger partial charge in [0.2, 0.25) is 0 Å². The molecule has 0 fully saturated rings. The van der Waals surface area contributed by atoms with Crippen LogP contribution in [0.5, 0.6) is 0 Å². The first-order valence-electron chi connectivity index (χ1n) is 7.86. The molecule has 0 aliphatic rings. The number of rotatable bonds is 8.